The van der Waals surface area contributed by atoms with E-state index in [0.717, 1.165) is 53.0 Å². The number of fused-ring (bicyclic) bond motifs is 1. The zero-order chi connectivity index (χ0) is 18.6. The van der Waals surface area contributed by atoms with Crippen molar-refractivity contribution in [3.8, 4) is 0 Å². The van der Waals surface area contributed by atoms with Crippen molar-refractivity contribution in [1.29, 1.82) is 0 Å². The number of hydrogen-bond donors (Lipinski definition) is 2. The van der Waals surface area contributed by atoms with Crippen LogP contribution in [0.25, 0.3) is 10.9 Å². The summed E-state index contributed by atoms with van der Waals surface area (Å²) in [5.41, 5.74) is 3.91. The fourth-order valence-electron chi connectivity index (χ4n) is 3.28. The molecule has 2 N–H and O–H groups in total. The summed E-state index contributed by atoms with van der Waals surface area (Å²) in [4.78, 5) is 15.0. The van der Waals surface area contributed by atoms with Crippen LogP contribution in [0.3, 0.4) is 0 Å². The van der Waals surface area contributed by atoms with Crippen LogP contribution in [0.5, 0.6) is 0 Å². The Kier molecular flexibility index (Phi) is 5.70. The number of carbonyl (C=O) groups excluding carboxylic acids is 1. The van der Waals surface area contributed by atoms with E-state index in [1.54, 1.807) is 0 Å². The molecule has 4 rings (SSSR count). The lowest BCUT2D eigenvalue weighted by atomic mass is 10.1. The van der Waals surface area contributed by atoms with Crippen molar-refractivity contribution in [3.05, 3.63) is 62.9 Å². The van der Waals surface area contributed by atoms with Gasteiger partial charge in [-0.2, -0.15) is 5.10 Å². The molecule has 0 unspecified atom stereocenters. The molecular formula is C20H21IN4O2. The molecule has 0 spiro atoms. The molecule has 3 aromatic rings. The Hall–Kier alpha value is -1.97. The monoisotopic (exact) mass is 476 g/mol. The first-order valence-corrected chi connectivity index (χ1v) is 10.1. The fourth-order valence-corrected chi connectivity index (χ4v) is 3.83. The summed E-state index contributed by atoms with van der Waals surface area (Å²) in [5.74, 6) is -0.0740. The minimum Gasteiger partial charge on any atom is -0.379 e. The number of nitrogens with zero attached hydrogens (tertiary/aromatic N) is 2. The van der Waals surface area contributed by atoms with Gasteiger partial charge in [-0.1, -0.05) is 24.3 Å². The van der Waals surface area contributed by atoms with Crippen LogP contribution in [0.15, 0.2) is 42.5 Å². The lowest BCUT2D eigenvalue weighted by Crippen LogP contribution is -2.36. The van der Waals surface area contributed by atoms with Gasteiger partial charge in [0.2, 0.25) is 0 Å². The van der Waals surface area contributed by atoms with Gasteiger partial charge in [0.1, 0.15) is 3.70 Å². The molecule has 1 aliphatic rings. The maximum atomic E-state index is 12.6. The van der Waals surface area contributed by atoms with Gasteiger partial charge in [-0.3, -0.25) is 14.8 Å². The van der Waals surface area contributed by atoms with E-state index in [1.807, 2.05) is 24.3 Å². The largest absolute Gasteiger partial charge is 0.379 e. The molecule has 6 nitrogen and oxygen atoms in total. The van der Waals surface area contributed by atoms with Gasteiger partial charge >= 0.3 is 0 Å². The third kappa shape index (κ3) is 4.31. The van der Waals surface area contributed by atoms with E-state index in [-0.39, 0.29) is 5.91 Å². The van der Waals surface area contributed by atoms with Gasteiger partial charge in [-0.05, 0) is 51.9 Å². The van der Waals surface area contributed by atoms with Crippen molar-refractivity contribution >= 4 is 39.4 Å². The molecular weight excluding hydrogens is 455 g/mol. The second-order valence-electron chi connectivity index (χ2n) is 6.61. The first-order chi connectivity index (χ1) is 13.2. The third-order valence-corrected chi connectivity index (χ3v) is 5.65. The summed E-state index contributed by atoms with van der Waals surface area (Å²) >= 11 is 2.19. The van der Waals surface area contributed by atoms with Gasteiger partial charge in [-0.15, -0.1) is 0 Å². The van der Waals surface area contributed by atoms with Gasteiger partial charge in [0, 0.05) is 37.1 Å². The van der Waals surface area contributed by atoms with Crippen LogP contribution in [-0.4, -0.2) is 47.3 Å². The molecule has 140 valence electrons. The summed E-state index contributed by atoms with van der Waals surface area (Å²) < 4.78 is 6.36. The third-order valence-electron chi connectivity index (χ3n) is 4.83. The highest BCUT2D eigenvalue weighted by molar-refractivity contribution is 14.1. The van der Waals surface area contributed by atoms with Crippen LogP contribution in [0, 0.1) is 3.70 Å². The number of halogens is 1. The number of carbonyl (C=O) groups is 1. The van der Waals surface area contributed by atoms with Gasteiger partial charge in [0.25, 0.3) is 5.91 Å². The zero-order valence-electron chi connectivity index (χ0n) is 14.9. The highest BCUT2D eigenvalue weighted by Crippen LogP contribution is 2.19. The number of aromatic amines is 1. The Morgan fingerprint density at radius 3 is 2.78 bits per heavy atom. The number of amides is 1. The van der Waals surface area contributed by atoms with Crippen LogP contribution >= 0.6 is 22.6 Å². The number of rotatable bonds is 5. The van der Waals surface area contributed by atoms with Gasteiger partial charge in [-0.25, -0.2) is 0 Å². The zero-order valence-corrected chi connectivity index (χ0v) is 17.0. The van der Waals surface area contributed by atoms with Crippen molar-refractivity contribution in [1.82, 2.24) is 20.4 Å². The van der Waals surface area contributed by atoms with Crippen molar-refractivity contribution in [2.24, 2.45) is 0 Å². The molecule has 0 saturated carbocycles. The molecule has 0 atom stereocenters. The molecule has 1 fully saturated rings. The number of morpholine rings is 1. The Labute approximate surface area is 171 Å². The summed E-state index contributed by atoms with van der Waals surface area (Å²) in [6.45, 7) is 4.87. The van der Waals surface area contributed by atoms with Crippen molar-refractivity contribution in [2.45, 2.75) is 13.1 Å². The highest BCUT2D eigenvalue weighted by atomic mass is 127. The van der Waals surface area contributed by atoms with E-state index < -0.39 is 0 Å². The van der Waals surface area contributed by atoms with Crippen molar-refractivity contribution in [2.75, 3.05) is 26.3 Å². The van der Waals surface area contributed by atoms with E-state index in [1.165, 1.54) is 5.56 Å². The first kappa shape index (κ1) is 18.4. The predicted octanol–water partition coefficient (Wildman–Crippen LogP) is 2.93. The molecule has 1 saturated heterocycles. The maximum absolute atomic E-state index is 12.6. The molecule has 1 aliphatic heterocycles. The molecule has 0 bridgehead atoms. The van der Waals surface area contributed by atoms with E-state index in [9.17, 15) is 4.79 Å². The van der Waals surface area contributed by atoms with Crippen LogP contribution in [0.4, 0.5) is 0 Å². The van der Waals surface area contributed by atoms with Crippen LogP contribution in [0.1, 0.15) is 21.5 Å². The molecule has 1 amide bonds. The Balaban J connectivity index is 1.44. The molecule has 1 aromatic heterocycles. The number of benzene rings is 2. The minimum atomic E-state index is -0.0740. The number of hydrogen-bond acceptors (Lipinski definition) is 4. The Morgan fingerprint density at radius 1 is 1.19 bits per heavy atom. The van der Waals surface area contributed by atoms with E-state index in [2.05, 4.69) is 61.2 Å². The average Bonchev–Trinajstić information content (AvgIpc) is 3.08. The molecule has 27 heavy (non-hydrogen) atoms. The lowest BCUT2D eigenvalue weighted by Gasteiger charge is -2.27. The molecule has 7 heteroatoms. The number of H-pyrrole nitrogens is 1. The first-order valence-electron chi connectivity index (χ1n) is 8.99. The summed E-state index contributed by atoms with van der Waals surface area (Å²) in [5, 5.41) is 11.2. The SMILES string of the molecule is O=C(NCc1ccccc1CN1CCOCC1)c1ccc2n[nH]c(I)c2c1. The lowest BCUT2D eigenvalue weighted by molar-refractivity contribution is 0.0340. The van der Waals surface area contributed by atoms with Crippen LogP contribution < -0.4 is 5.32 Å². The molecule has 2 heterocycles. The van der Waals surface area contributed by atoms with Crippen molar-refractivity contribution in [3.63, 3.8) is 0 Å². The minimum absolute atomic E-state index is 0.0740. The predicted molar refractivity (Wildman–Crippen MR) is 113 cm³/mol. The number of aromatic nitrogens is 2. The van der Waals surface area contributed by atoms with Gasteiger partial charge < -0.3 is 10.1 Å². The topological polar surface area (TPSA) is 70.2 Å². The number of nitrogens with one attached hydrogen (secondary N) is 2. The standard InChI is InChI=1S/C20H21IN4O2/c21-19-17-11-14(5-6-18(17)23-24-19)20(26)22-12-15-3-1-2-4-16(15)13-25-7-9-27-10-8-25/h1-6,11H,7-10,12-13H2,(H,22,26)(H,23,24). The van der Waals surface area contributed by atoms with Gasteiger partial charge in [0.15, 0.2) is 0 Å². The molecule has 0 aliphatic carbocycles. The van der Waals surface area contributed by atoms with Crippen molar-refractivity contribution < 1.29 is 9.53 Å². The highest BCUT2D eigenvalue weighted by Gasteiger charge is 2.14. The normalized spacial score (nSPS) is 15.1. The van der Waals surface area contributed by atoms with Crippen LogP contribution in [-0.2, 0) is 17.8 Å². The van der Waals surface area contributed by atoms with Crippen LogP contribution in [0.2, 0.25) is 0 Å². The summed E-state index contributed by atoms with van der Waals surface area (Å²) in [6.07, 6.45) is 0. The van der Waals surface area contributed by atoms with E-state index >= 15 is 0 Å². The second-order valence-corrected chi connectivity index (χ2v) is 7.69. The summed E-state index contributed by atoms with van der Waals surface area (Å²) in [6, 6.07) is 13.9. The van der Waals surface area contributed by atoms with E-state index in [4.69, 9.17) is 4.74 Å². The molecule has 2 aromatic carbocycles. The average molecular weight is 476 g/mol. The molecule has 0 radical (unpaired) electrons. The Bertz CT molecular complexity index is 950. The smallest absolute Gasteiger partial charge is 0.251 e. The second kappa shape index (κ2) is 8.37. The Morgan fingerprint density at radius 2 is 1.96 bits per heavy atom. The quantitative estimate of drug-likeness (QED) is 0.556. The fraction of sp³-hybridized carbons (Fsp3) is 0.300. The maximum Gasteiger partial charge on any atom is 0.251 e. The summed E-state index contributed by atoms with van der Waals surface area (Å²) in [7, 11) is 0. The number of ether oxygens (including phenoxy) is 1. The van der Waals surface area contributed by atoms with Gasteiger partial charge in [0.05, 0.1) is 18.7 Å². The van der Waals surface area contributed by atoms with E-state index in [0.29, 0.717) is 12.1 Å².